The van der Waals surface area contributed by atoms with E-state index in [1.165, 1.54) is 57.8 Å². The van der Waals surface area contributed by atoms with Gasteiger partial charge in [-0.2, -0.15) is 0 Å². The Morgan fingerprint density at radius 1 is 0.870 bits per heavy atom. The Morgan fingerprint density at radius 3 is 2.13 bits per heavy atom. The molecule has 0 aliphatic heterocycles. The van der Waals surface area contributed by atoms with Crippen LogP contribution in [-0.4, -0.2) is 5.05 Å². The normalized spacial score (nSPS) is 12.1. The predicted octanol–water partition coefficient (Wildman–Crippen LogP) is 7.34. The molecule has 0 N–H and O–H groups in total. The van der Waals surface area contributed by atoms with Gasteiger partial charge < -0.3 is 4.74 Å². The Hall–Kier alpha value is -0.890. The van der Waals surface area contributed by atoms with Crippen molar-refractivity contribution < 1.29 is 4.74 Å². The maximum absolute atomic E-state index is 5.70. The van der Waals surface area contributed by atoms with Crippen LogP contribution in [0.3, 0.4) is 0 Å². The van der Waals surface area contributed by atoms with Gasteiger partial charge in [0, 0.05) is 6.42 Å². The van der Waals surface area contributed by atoms with Crippen LogP contribution in [-0.2, 0) is 0 Å². The van der Waals surface area contributed by atoms with E-state index in [0.717, 1.165) is 29.6 Å². The average molecular weight is 335 g/mol. The maximum atomic E-state index is 5.70. The lowest BCUT2D eigenvalue weighted by Crippen LogP contribution is -2.06. The van der Waals surface area contributed by atoms with Crippen molar-refractivity contribution in [2.24, 2.45) is 5.92 Å². The Kier molecular flexibility index (Phi) is 11.9. The Labute approximate surface area is 148 Å². The highest BCUT2D eigenvalue weighted by molar-refractivity contribution is 7.80. The van der Waals surface area contributed by atoms with Crippen LogP contribution in [0.15, 0.2) is 30.3 Å². The summed E-state index contributed by atoms with van der Waals surface area (Å²) in [4.78, 5) is 0. The van der Waals surface area contributed by atoms with Gasteiger partial charge in [0.05, 0.1) is 0 Å². The van der Waals surface area contributed by atoms with Crippen molar-refractivity contribution in [3.63, 3.8) is 0 Å². The van der Waals surface area contributed by atoms with Gasteiger partial charge in [-0.25, -0.2) is 0 Å². The fourth-order valence-corrected chi connectivity index (χ4v) is 3.22. The van der Waals surface area contributed by atoms with Gasteiger partial charge in [-0.05, 0) is 36.7 Å². The molecule has 23 heavy (non-hydrogen) atoms. The molecule has 0 fully saturated rings. The number of rotatable bonds is 13. The van der Waals surface area contributed by atoms with Crippen molar-refractivity contribution in [1.29, 1.82) is 0 Å². The van der Waals surface area contributed by atoms with Gasteiger partial charge in [0.15, 0.2) is 5.05 Å². The number of ether oxygens (including phenoxy) is 1. The minimum atomic E-state index is 0.729. The molecule has 0 bridgehead atoms. The number of thiocarbonyl (C=S) groups is 1. The Balaban J connectivity index is 2.17. The first-order chi connectivity index (χ1) is 11.3. The van der Waals surface area contributed by atoms with Gasteiger partial charge in [-0.15, -0.1) is 0 Å². The molecule has 0 aliphatic rings. The minimum Gasteiger partial charge on any atom is -0.450 e. The van der Waals surface area contributed by atoms with Gasteiger partial charge in [0.25, 0.3) is 0 Å². The fourth-order valence-electron chi connectivity index (χ4n) is 2.98. The highest BCUT2D eigenvalue weighted by Gasteiger charge is 2.08. The summed E-state index contributed by atoms with van der Waals surface area (Å²) in [5, 5.41) is 0.729. The van der Waals surface area contributed by atoms with Crippen molar-refractivity contribution in [3.05, 3.63) is 30.3 Å². The minimum absolute atomic E-state index is 0.729. The van der Waals surface area contributed by atoms with E-state index in [-0.39, 0.29) is 0 Å². The lowest BCUT2D eigenvalue weighted by atomic mass is 9.90. The third-order valence-corrected chi connectivity index (χ3v) is 4.69. The highest BCUT2D eigenvalue weighted by atomic mass is 32.1. The summed E-state index contributed by atoms with van der Waals surface area (Å²) in [6, 6.07) is 9.87. The SMILES string of the molecule is CCCCCC(CCCC)CCCCC(=S)Oc1ccccc1. The molecule has 1 unspecified atom stereocenters. The molecule has 2 heteroatoms. The van der Waals surface area contributed by atoms with Gasteiger partial charge >= 0.3 is 0 Å². The molecule has 0 radical (unpaired) electrons. The second kappa shape index (κ2) is 13.5. The third-order valence-electron chi connectivity index (χ3n) is 4.40. The molecule has 1 atom stereocenters. The summed E-state index contributed by atoms with van der Waals surface area (Å²) in [7, 11) is 0. The largest absolute Gasteiger partial charge is 0.450 e. The van der Waals surface area contributed by atoms with Crippen LogP contribution in [0.5, 0.6) is 5.75 Å². The van der Waals surface area contributed by atoms with E-state index in [0.29, 0.717) is 0 Å². The van der Waals surface area contributed by atoms with Crippen LogP contribution >= 0.6 is 12.2 Å². The van der Waals surface area contributed by atoms with Crippen LogP contribution in [0.4, 0.5) is 0 Å². The standard InChI is InChI=1S/C21H34OS/c1-3-5-8-14-19(13-6-4-2)15-11-12-18-21(23)22-20-16-9-7-10-17-20/h7,9-10,16-17,19H,3-6,8,11-15,18H2,1-2H3. The summed E-state index contributed by atoms with van der Waals surface area (Å²) in [5.74, 6) is 1.78. The lowest BCUT2D eigenvalue weighted by molar-refractivity contribution is 0.376. The van der Waals surface area contributed by atoms with Crippen molar-refractivity contribution in [2.45, 2.75) is 84.5 Å². The summed E-state index contributed by atoms with van der Waals surface area (Å²) in [5.41, 5.74) is 0. The predicted molar refractivity (Wildman–Crippen MR) is 105 cm³/mol. The first kappa shape index (κ1) is 20.2. The quantitative estimate of drug-likeness (QED) is 0.276. The van der Waals surface area contributed by atoms with Crippen molar-refractivity contribution >= 4 is 17.3 Å². The maximum Gasteiger partial charge on any atom is 0.167 e. The molecule has 1 nitrogen and oxygen atoms in total. The topological polar surface area (TPSA) is 9.23 Å². The molecule has 1 aromatic carbocycles. The van der Waals surface area contributed by atoms with Gasteiger partial charge in [-0.1, -0.05) is 89.8 Å². The molecule has 1 aromatic rings. The van der Waals surface area contributed by atoms with Crippen molar-refractivity contribution in [2.75, 3.05) is 0 Å². The van der Waals surface area contributed by atoms with Gasteiger partial charge in [0.2, 0.25) is 0 Å². The molecule has 1 rings (SSSR count). The third kappa shape index (κ3) is 10.5. The van der Waals surface area contributed by atoms with E-state index in [9.17, 15) is 0 Å². The van der Waals surface area contributed by atoms with Crippen LogP contribution in [0.1, 0.15) is 84.5 Å². The summed E-state index contributed by atoms with van der Waals surface area (Å²) < 4.78 is 5.70. The monoisotopic (exact) mass is 334 g/mol. The molecular formula is C21H34OS. The second-order valence-corrected chi connectivity index (χ2v) is 6.99. The number of hydrogen-bond acceptors (Lipinski definition) is 2. The highest BCUT2D eigenvalue weighted by Crippen LogP contribution is 2.23. The Morgan fingerprint density at radius 2 is 1.48 bits per heavy atom. The van der Waals surface area contributed by atoms with E-state index >= 15 is 0 Å². The first-order valence-corrected chi connectivity index (χ1v) is 9.92. The van der Waals surface area contributed by atoms with E-state index in [1.807, 2.05) is 30.3 Å². The van der Waals surface area contributed by atoms with E-state index < -0.39 is 0 Å². The molecule has 0 aromatic heterocycles. The van der Waals surface area contributed by atoms with Crippen molar-refractivity contribution in [3.8, 4) is 5.75 Å². The molecule has 0 amide bonds. The summed E-state index contributed by atoms with van der Waals surface area (Å²) in [6.45, 7) is 4.58. The Bertz CT molecular complexity index is 402. The zero-order chi connectivity index (χ0) is 16.8. The zero-order valence-corrected chi connectivity index (χ0v) is 15.9. The number of benzene rings is 1. The average Bonchev–Trinajstić information content (AvgIpc) is 2.57. The van der Waals surface area contributed by atoms with E-state index in [1.54, 1.807) is 0 Å². The first-order valence-electron chi connectivity index (χ1n) is 9.52. The molecule has 130 valence electrons. The number of para-hydroxylation sites is 1. The number of unbranched alkanes of at least 4 members (excludes halogenated alkanes) is 4. The summed E-state index contributed by atoms with van der Waals surface area (Å²) >= 11 is 5.35. The van der Waals surface area contributed by atoms with Crippen molar-refractivity contribution in [1.82, 2.24) is 0 Å². The molecule has 0 spiro atoms. The zero-order valence-electron chi connectivity index (χ0n) is 15.1. The lowest BCUT2D eigenvalue weighted by Gasteiger charge is -2.16. The molecule has 0 saturated carbocycles. The summed E-state index contributed by atoms with van der Waals surface area (Å²) in [6.07, 6.45) is 14.3. The fraction of sp³-hybridized carbons (Fsp3) is 0.667. The van der Waals surface area contributed by atoms with Crippen LogP contribution in [0.25, 0.3) is 0 Å². The number of hydrogen-bond donors (Lipinski definition) is 0. The van der Waals surface area contributed by atoms with Crippen LogP contribution < -0.4 is 4.74 Å². The van der Waals surface area contributed by atoms with E-state index in [2.05, 4.69) is 13.8 Å². The molecular weight excluding hydrogens is 300 g/mol. The van der Waals surface area contributed by atoms with Crippen LogP contribution in [0.2, 0.25) is 0 Å². The van der Waals surface area contributed by atoms with Crippen LogP contribution in [0, 0.1) is 5.92 Å². The van der Waals surface area contributed by atoms with E-state index in [4.69, 9.17) is 17.0 Å². The molecule has 0 heterocycles. The molecule has 0 aliphatic carbocycles. The van der Waals surface area contributed by atoms with Gasteiger partial charge in [-0.3, -0.25) is 0 Å². The second-order valence-electron chi connectivity index (χ2n) is 6.54. The molecule has 0 saturated heterocycles. The smallest absolute Gasteiger partial charge is 0.167 e. The van der Waals surface area contributed by atoms with Gasteiger partial charge in [0.1, 0.15) is 5.75 Å².